The number of rotatable bonds is 13. The number of Topliss-reactive ketones (excluding diaryl/α,β-unsaturated/α-hetero) is 2. The van der Waals surface area contributed by atoms with Crippen molar-refractivity contribution in [2.45, 2.75) is 77.5 Å². The third-order valence-corrected chi connectivity index (χ3v) is 4.45. The monoisotopic (exact) mass is 382 g/mol. The van der Waals surface area contributed by atoms with Crippen molar-refractivity contribution in [3.8, 4) is 0 Å². The van der Waals surface area contributed by atoms with Crippen molar-refractivity contribution < 1.29 is 28.5 Å². The van der Waals surface area contributed by atoms with Gasteiger partial charge < -0.3 is 18.9 Å². The molecule has 154 valence electrons. The maximum Gasteiger partial charge on any atom is 0.165 e. The predicted octanol–water partition coefficient (Wildman–Crippen LogP) is 3.74. The Balaban J connectivity index is 2.27. The molecule has 1 aliphatic rings. The maximum atomic E-state index is 12.0. The van der Waals surface area contributed by atoms with Gasteiger partial charge in [-0.25, -0.2) is 0 Å². The molecular formula is C21H34O6. The molecule has 1 unspecified atom stereocenters. The average Bonchev–Trinajstić information content (AvgIpc) is 2.94. The Hall–Kier alpha value is -1.34. The van der Waals surface area contributed by atoms with Crippen LogP contribution in [0.5, 0.6) is 0 Å². The van der Waals surface area contributed by atoms with Crippen molar-refractivity contribution in [2.24, 2.45) is 0 Å². The van der Waals surface area contributed by atoms with Gasteiger partial charge in [-0.2, -0.15) is 0 Å². The molecule has 0 heterocycles. The molecule has 1 rings (SSSR count). The highest BCUT2D eigenvalue weighted by molar-refractivity contribution is 6.00. The van der Waals surface area contributed by atoms with Gasteiger partial charge in [0.1, 0.15) is 6.61 Å². The smallest absolute Gasteiger partial charge is 0.165 e. The predicted molar refractivity (Wildman–Crippen MR) is 103 cm³/mol. The molecule has 0 spiro atoms. The van der Waals surface area contributed by atoms with Crippen molar-refractivity contribution in [2.75, 3.05) is 20.8 Å². The molecule has 0 amide bonds. The Kier molecular flexibility index (Phi) is 9.53. The molecule has 0 N–H and O–H groups in total. The summed E-state index contributed by atoms with van der Waals surface area (Å²) in [4.78, 5) is 23.8. The average molecular weight is 382 g/mol. The minimum atomic E-state index is -0.736. The summed E-state index contributed by atoms with van der Waals surface area (Å²) in [5, 5.41) is 0. The zero-order valence-corrected chi connectivity index (χ0v) is 17.5. The summed E-state index contributed by atoms with van der Waals surface area (Å²) in [5.74, 6) is -1.30. The van der Waals surface area contributed by atoms with Crippen LogP contribution in [0.3, 0.4) is 0 Å². The molecule has 0 radical (unpaired) electrons. The number of methoxy groups -OCH3 is 2. The van der Waals surface area contributed by atoms with Crippen molar-refractivity contribution in [1.29, 1.82) is 0 Å². The molecule has 1 atom stereocenters. The fraction of sp³-hybridized carbons (Fsp3) is 0.714. The fourth-order valence-corrected chi connectivity index (χ4v) is 2.47. The summed E-state index contributed by atoms with van der Waals surface area (Å²) in [6.07, 6.45) is 8.74. The van der Waals surface area contributed by atoms with Crippen molar-refractivity contribution in [3.05, 3.63) is 23.8 Å². The Bertz CT molecular complexity index is 559. The minimum Gasteiger partial charge on any atom is -0.354 e. The van der Waals surface area contributed by atoms with Crippen LogP contribution in [0.25, 0.3) is 0 Å². The summed E-state index contributed by atoms with van der Waals surface area (Å²) < 4.78 is 21.5. The van der Waals surface area contributed by atoms with E-state index in [1.807, 2.05) is 32.1 Å². The highest BCUT2D eigenvalue weighted by Gasteiger charge is 2.29. The zero-order chi connectivity index (χ0) is 20.5. The lowest BCUT2D eigenvalue weighted by molar-refractivity contribution is -0.212. The minimum absolute atomic E-state index is 0.0667. The van der Waals surface area contributed by atoms with Crippen LogP contribution in [0.1, 0.15) is 59.8 Å². The van der Waals surface area contributed by atoms with E-state index in [1.165, 1.54) is 0 Å². The molecule has 0 aromatic rings. The van der Waals surface area contributed by atoms with Gasteiger partial charge in [0.25, 0.3) is 0 Å². The molecule has 27 heavy (non-hydrogen) atoms. The number of ketones is 2. The van der Waals surface area contributed by atoms with Crippen LogP contribution in [0, 0.1) is 0 Å². The lowest BCUT2D eigenvalue weighted by Gasteiger charge is -2.26. The quantitative estimate of drug-likeness (QED) is 0.357. The molecule has 0 aliphatic heterocycles. The van der Waals surface area contributed by atoms with Gasteiger partial charge in [0.2, 0.25) is 0 Å². The number of ether oxygens (including phenoxy) is 4. The van der Waals surface area contributed by atoms with Crippen LogP contribution in [0.4, 0.5) is 0 Å². The number of carbonyl (C=O) groups excluding carboxylic acids is 2. The maximum absolute atomic E-state index is 12.0. The second kappa shape index (κ2) is 10.9. The first-order valence-electron chi connectivity index (χ1n) is 9.44. The molecule has 0 aromatic carbocycles. The molecule has 0 saturated carbocycles. The lowest BCUT2D eigenvalue weighted by Crippen LogP contribution is -2.31. The summed E-state index contributed by atoms with van der Waals surface area (Å²) in [7, 11) is 3.13. The van der Waals surface area contributed by atoms with E-state index < -0.39 is 11.6 Å². The second-order valence-electron chi connectivity index (χ2n) is 7.59. The lowest BCUT2D eigenvalue weighted by atomic mass is 10.1. The number of hydrogen-bond donors (Lipinski definition) is 0. The first-order chi connectivity index (χ1) is 12.6. The van der Waals surface area contributed by atoms with E-state index in [0.29, 0.717) is 18.4 Å². The molecular weight excluding hydrogens is 348 g/mol. The molecule has 0 saturated heterocycles. The highest BCUT2D eigenvalue weighted by Crippen LogP contribution is 2.24. The van der Waals surface area contributed by atoms with E-state index in [2.05, 4.69) is 0 Å². The topological polar surface area (TPSA) is 71.1 Å². The molecule has 0 aromatic heterocycles. The first-order valence-corrected chi connectivity index (χ1v) is 9.44. The highest BCUT2D eigenvalue weighted by atomic mass is 16.7. The Morgan fingerprint density at radius 3 is 2.44 bits per heavy atom. The number of unbranched alkanes of at least 4 members (excludes halogenated alkanes) is 2. The molecule has 0 bridgehead atoms. The Morgan fingerprint density at radius 1 is 1.15 bits per heavy atom. The summed E-state index contributed by atoms with van der Waals surface area (Å²) in [6.45, 7) is 7.26. The SMILES string of the molecule is COC(C)(C)OCC(=O)CCCC/C=C\C1=CC(OC(C)(C)OC)CC1=O. The van der Waals surface area contributed by atoms with Gasteiger partial charge in [0.05, 0.1) is 6.10 Å². The number of allylic oxidation sites excluding steroid dienone is 3. The third-order valence-electron chi connectivity index (χ3n) is 4.45. The van der Waals surface area contributed by atoms with Crippen LogP contribution in [0.2, 0.25) is 0 Å². The number of carbonyl (C=O) groups is 2. The Labute approximate surface area is 162 Å². The second-order valence-corrected chi connectivity index (χ2v) is 7.59. The van der Waals surface area contributed by atoms with Crippen LogP contribution in [-0.4, -0.2) is 50.1 Å². The van der Waals surface area contributed by atoms with E-state index in [0.717, 1.165) is 19.3 Å². The van der Waals surface area contributed by atoms with Gasteiger partial charge in [-0.1, -0.05) is 12.2 Å². The Morgan fingerprint density at radius 2 is 1.81 bits per heavy atom. The number of hydrogen-bond acceptors (Lipinski definition) is 6. The van der Waals surface area contributed by atoms with Gasteiger partial charge in [0.15, 0.2) is 23.1 Å². The van der Waals surface area contributed by atoms with E-state index in [9.17, 15) is 9.59 Å². The van der Waals surface area contributed by atoms with Crippen molar-refractivity contribution in [1.82, 2.24) is 0 Å². The standard InChI is InChI=1S/C21H34O6/c1-20(2,24-5)26-15-17(22)12-10-8-7-9-11-16-13-18(14-19(16)23)27-21(3,4)25-6/h9,11,13,18H,7-8,10,12,14-15H2,1-6H3/b11-9-. The largest absolute Gasteiger partial charge is 0.354 e. The summed E-state index contributed by atoms with van der Waals surface area (Å²) in [6, 6.07) is 0. The fourth-order valence-electron chi connectivity index (χ4n) is 2.47. The van der Waals surface area contributed by atoms with Gasteiger partial charge in [-0.3, -0.25) is 9.59 Å². The van der Waals surface area contributed by atoms with Crippen molar-refractivity contribution >= 4 is 11.6 Å². The van der Waals surface area contributed by atoms with Gasteiger partial charge >= 0.3 is 0 Å². The van der Waals surface area contributed by atoms with Gasteiger partial charge in [-0.05, 0) is 53.0 Å². The van der Waals surface area contributed by atoms with Crippen LogP contribution >= 0.6 is 0 Å². The molecule has 6 nitrogen and oxygen atoms in total. The van der Waals surface area contributed by atoms with Crippen LogP contribution < -0.4 is 0 Å². The molecule has 0 fully saturated rings. The van der Waals surface area contributed by atoms with E-state index in [-0.39, 0.29) is 24.3 Å². The van der Waals surface area contributed by atoms with Crippen LogP contribution in [-0.2, 0) is 28.5 Å². The zero-order valence-electron chi connectivity index (χ0n) is 17.5. The van der Waals surface area contributed by atoms with Crippen LogP contribution in [0.15, 0.2) is 23.8 Å². The first kappa shape index (κ1) is 23.7. The van der Waals surface area contributed by atoms with Crippen molar-refractivity contribution in [3.63, 3.8) is 0 Å². The summed E-state index contributed by atoms with van der Waals surface area (Å²) in [5.41, 5.74) is 0.679. The normalized spacial score (nSPS) is 18.4. The summed E-state index contributed by atoms with van der Waals surface area (Å²) >= 11 is 0. The molecule has 1 aliphatic carbocycles. The molecule has 6 heteroatoms. The van der Waals surface area contributed by atoms with E-state index in [4.69, 9.17) is 18.9 Å². The third kappa shape index (κ3) is 9.42. The van der Waals surface area contributed by atoms with E-state index >= 15 is 0 Å². The van der Waals surface area contributed by atoms with E-state index in [1.54, 1.807) is 28.1 Å². The van der Waals surface area contributed by atoms with Gasteiger partial charge in [-0.15, -0.1) is 0 Å². The van der Waals surface area contributed by atoms with Gasteiger partial charge in [0, 0.05) is 32.6 Å².